The summed E-state index contributed by atoms with van der Waals surface area (Å²) in [6, 6.07) is 9.57. The Morgan fingerprint density at radius 3 is 2.04 bits per heavy atom. The summed E-state index contributed by atoms with van der Waals surface area (Å²) in [5.74, 6) is 0.720. The normalized spacial score (nSPS) is 16.4. The molecule has 1 aliphatic rings. The van der Waals surface area contributed by atoms with E-state index in [1.165, 1.54) is 60.1 Å². The summed E-state index contributed by atoms with van der Waals surface area (Å²) in [7, 11) is 2.21. The molecule has 0 atom stereocenters. The van der Waals surface area contributed by atoms with Crippen LogP contribution < -0.4 is 4.57 Å². The van der Waals surface area contributed by atoms with E-state index in [9.17, 15) is 0 Å². The maximum atomic E-state index is 2.52. The molecule has 3 rings (SSSR count). The lowest BCUT2D eigenvalue weighted by atomic mass is 9.76. The smallest absolute Gasteiger partial charge is 0.201 e. The largest absolute Gasteiger partial charge is 0.212 e. The van der Waals surface area contributed by atoms with Gasteiger partial charge >= 0.3 is 0 Å². The highest BCUT2D eigenvalue weighted by Crippen LogP contribution is 2.39. The second kappa shape index (κ2) is 7.65. The Hall–Kier alpha value is -1.63. The van der Waals surface area contributed by atoms with Crippen molar-refractivity contribution in [3.63, 3.8) is 0 Å². The average molecular weight is 379 g/mol. The average Bonchev–Trinajstić information content (AvgIpc) is 2.61. The van der Waals surface area contributed by atoms with Crippen LogP contribution in [0, 0.1) is 6.92 Å². The van der Waals surface area contributed by atoms with E-state index in [0.29, 0.717) is 0 Å². The molecule has 0 amide bonds. The van der Waals surface area contributed by atoms with Gasteiger partial charge in [0.2, 0.25) is 5.69 Å². The van der Waals surface area contributed by atoms with Gasteiger partial charge in [-0.05, 0) is 59.3 Å². The molecule has 0 aliphatic heterocycles. The molecule has 1 aromatic heterocycles. The van der Waals surface area contributed by atoms with E-state index in [1.54, 1.807) is 5.56 Å². The van der Waals surface area contributed by atoms with Crippen molar-refractivity contribution < 1.29 is 4.57 Å². The molecule has 1 heteroatoms. The van der Waals surface area contributed by atoms with Crippen molar-refractivity contribution in [2.24, 2.45) is 7.05 Å². The molecule has 1 saturated carbocycles. The van der Waals surface area contributed by atoms with Crippen LogP contribution in [0.15, 0.2) is 30.5 Å². The van der Waals surface area contributed by atoms with Crippen LogP contribution in [0.1, 0.15) is 102 Å². The molecule has 1 aliphatic carbocycles. The summed E-state index contributed by atoms with van der Waals surface area (Å²) < 4.78 is 2.35. The highest BCUT2D eigenvalue weighted by atomic mass is 14.9. The number of nitrogens with zero attached hydrogens (tertiary/aromatic N) is 1. The van der Waals surface area contributed by atoms with Gasteiger partial charge in [0.15, 0.2) is 6.20 Å². The molecule has 1 aromatic carbocycles. The molecule has 0 N–H and O–H groups in total. The molecule has 2 aromatic rings. The van der Waals surface area contributed by atoms with E-state index in [4.69, 9.17) is 0 Å². The Labute approximate surface area is 173 Å². The van der Waals surface area contributed by atoms with Crippen LogP contribution in [-0.2, 0) is 17.9 Å². The Morgan fingerprint density at radius 1 is 0.857 bits per heavy atom. The van der Waals surface area contributed by atoms with Crippen LogP contribution in [0.3, 0.4) is 0 Å². The van der Waals surface area contributed by atoms with Crippen LogP contribution in [0.5, 0.6) is 0 Å². The number of rotatable bonds is 2. The minimum absolute atomic E-state index is 0.175. The van der Waals surface area contributed by atoms with E-state index in [2.05, 4.69) is 90.5 Å². The molecule has 1 nitrogen and oxygen atoms in total. The first-order valence-corrected chi connectivity index (χ1v) is 11.1. The zero-order chi connectivity index (χ0) is 20.7. The van der Waals surface area contributed by atoms with Crippen LogP contribution in [0.4, 0.5) is 0 Å². The van der Waals surface area contributed by atoms with E-state index >= 15 is 0 Å². The quantitative estimate of drug-likeness (QED) is 0.489. The zero-order valence-electron chi connectivity index (χ0n) is 19.4. The van der Waals surface area contributed by atoms with Gasteiger partial charge in [-0.1, -0.05) is 72.9 Å². The lowest BCUT2D eigenvalue weighted by Crippen LogP contribution is -2.35. The van der Waals surface area contributed by atoms with Crippen molar-refractivity contribution in [2.45, 2.75) is 97.3 Å². The van der Waals surface area contributed by atoms with E-state index in [-0.39, 0.29) is 10.8 Å². The summed E-state index contributed by atoms with van der Waals surface area (Å²) in [5.41, 5.74) is 8.99. The van der Waals surface area contributed by atoms with Gasteiger partial charge in [0, 0.05) is 17.2 Å². The molecule has 0 radical (unpaired) electrons. The number of benzene rings is 1. The molecule has 0 bridgehead atoms. The molecule has 28 heavy (non-hydrogen) atoms. The predicted molar refractivity (Wildman–Crippen MR) is 121 cm³/mol. The topological polar surface area (TPSA) is 3.88 Å². The van der Waals surface area contributed by atoms with Gasteiger partial charge in [-0.2, -0.15) is 0 Å². The van der Waals surface area contributed by atoms with Gasteiger partial charge in [-0.25, -0.2) is 4.57 Å². The number of hydrogen-bond donors (Lipinski definition) is 0. The zero-order valence-corrected chi connectivity index (χ0v) is 19.4. The van der Waals surface area contributed by atoms with Crippen LogP contribution in [-0.4, -0.2) is 0 Å². The maximum absolute atomic E-state index is 2.52. The summed E-state index contributed by atoms with van der Waals surface area (Å²) in [4.78, 5) is 0. The second-order valence-corrected chi connectivity index (χ2v) is 11.0. The SMILES string of the molecule is Cc1cc(C(C)(C)C)ccc1-c1cc(C2CCCCC2)c(C(C)(C)C)c[n+]1C. The standard InChI is InChI=1S/C27H40N/c1-19-16-21(26(2,3)4)14-15-22(19)25-17-23(20-12-10-9-11-13-20)24(18-28(25)8)27(5,6)7/h14-18,20H,9-13H2,1-8H3/q+1. The molecular weight excluding hydrogens is 338 g/mol. The minimum atomic E-state index is 0.175. The van der Waals surface area contributed by atoms with Gasteiger partial charge in [0.1, 0.15) is 7.05 Å². The molecule has 0 saturated heterocycles. The van der Waals surface area contributed by atoms with Crippen molar-refractivity contribution in [1.82, 2.24) is 0 Å². The van der Waals surface area contributed by atoms with Crippen molar-refractivity contribution >= 4 is 0 Å². The Morgan fingerprint density at radius 2 is 1.50 bits per heavy atom. The van der Waals surface area contributed by atoms with Gasteiger partial charge in [-0.15, -0.1) is 0 Å². The van der Waals surface area contributed by atoms with E-state index in [0.717, 1.165) is 5.92 Å². The van der Waals surface area contributed by atoms with Crippen molar-refractivity contribution in [2.75, 3.05) is 0 Å². The third-order valence-electron chi connectivity index (χ3n) is 6.53. The molecule has 0 unspecified atom stereocenters. The fraction of sp³-hybridized carbons (Fsp3) is 0.593. The molecule has 1 heterocycles. The summed E-state index contributed by atoms with van der Waals surface area (Å²) >= 11 is 0. The van der Waals surface area contributed by atoms with Gasteiger partial charge in [0.05, 0.1) is 0 Å². The lowest BCUT2D eigenvalue weighted by Gasteiger charge is -2.29. The highest BCUT2D eigenvalue weighted by Gasteiger charge is 2.29. The molecule has 0 spiro atoms. The molecular formula is C27H40N+. The van der Waals surface area contributed by atoms with Crippen LogP contribution in [0.2, 0.25) is 0 Å². The Bertz CT molecular complexity index is 840. The van der Waals surface area contributed by atoms with E-state index < -0.39 is 0 Å². The third kappa shape index (κ3) is 4.34. The first kappa shape index (κ1) is 21.1. The summed E-state index contributed by atoms with van der Waals surface area (Å²) in [6.45, 7) is 16.2. The van der Waals surface area contributed by atoms with Gasteiger partial charge in [-0.3, -0.25) is 0 Å². The maximum Gasteiger partial charge on any atom is 0.212 e. The van der Waals surface area contributed by atoms with Crippen molar-refractivity contribution in [3.05, 3.63) is 52.7 Å². The van der Waals surface area contributed by atoms with Gasteiger partial charge in [0.25, 0.3) is 0 Å². The monoisotopic (exact) mass is 378 g/mol. The Balaban J connectivity index is 2.14. The minimum Gasteiger partial charge on any atom is -0.201 e. The van der Waals surface area contributed by atoms with E-state index in [1.807, 2.05) is 0 Å². The number of aromatic nitrogens is 1. The van der Waals surface area contributed by atoms with Crippen molar-refractivity contribution in [3.8, 4) is 11.3 Å². The predicted octanol–water partition coefficient (Wildman–Crippen LogP) is 7.13. The lowest BCUT2D eigenvalue weighted by molar-refractivity contribution is -0.661. The Kier molecular flexibility index (Phi) is 5.76. The number of pyridine rings is 1. The third-order valence-corrected chi connectivity index (χ3v) is 6.53. The first-order chi connectivity index (χ1) is 13.0. The van der Waals surface area contributed by atoms with Gasteiger partial charge < -0.3 is 0 Å². The first-order valence-electron chi connectivity index (χ1n) is 11.1. The molecule has 152 valence electrons. The highest BCUT2D eigenvalue weighted by molar-refractivity contribution is 5.63. The fourth-order valence-electron chi connectivity index (χ4n) is 4.73. The van der Waals surface area contributed by atoms with Crippen LogP contribution in [0.25, 0.3) is 11.3 Å². The number of hydrogen-bond acceptors (Lipinski definition) is 0. The number of aryl methyl sites for hydroxylation is 2. The molecule has 1 fully saturated rings. The summed E-state index contributed by atoms with van der Waals surface area (Å²) in [5, 5.41) is 0. The second-order valence-electron chi connectivity index (χ2n) is 11.0. The summed E-state index contributed by atoms with van der Waals surface area (Å²) in [6.07, 6.45) is 9.27. The van der Waals surface area contributed by atoms with Crippen molar-refractivity contribution in [1.29, 1.82) is 0 Å². The fourth-order valence-corrected chi connectivity index (χ4v) is 4.73. The van der Waals surface area contributed by atoms with Crippen LogP contribution >= 0.6 is 0 Å².